The molecule has 1 atom stereocenters. The summed E-state index contributed by atoms with van der Waals surface area (Å²) in [6, 6.07) is 7.33. The first kappa shape index (κ1) is 21.5. The number of nitrogens with zero attached hydrogens (tertiary/aromatic N) is 5. The van der Waals surface area contributed by atoms with Crippen LogP contribution in [0.5, 0.6) is 5.75 Å². The first-order chi connectivity index (χ1) is 15.1. The van der Waals surface area contributed by atoms with E-state index in [1.807, 2.05) is 31.2 Å². The van der Waals surface area contributed by atoms with Crippen molar-refractivity contribution in [2.45, 2.75) is 39.3 Å². The Kier molecular flexibility index (Phi) is 6.62. The molecule has 0 saturated carbocycles. The molecule has 0 aliphatic carbocycles. The van der Waals surface area contributed by atoms with Crippen molar-refractivity contribution < 1.29 is 9.47 Å². The van der Waals surface area contributed by atoms with Crippen LogP contribution in [0.2, 0.25) is 0 Å². The van der Waals surface area contributed by atoms with E-state index in [1.54, 1.807) is 11.8 Å². The fourth-order valence-electron chi connectivity index (χ4n) is 4.19. The summed E-state index contributed by atoms with van der Waals surface area (Å²) >= 11 is 0. The van der Waals surface area contributed by atoms with Gasteiger partial charge in [0.1, 0.15) is 11.8 Å². The molecule has 166 valence electrons. The zero-order valence-electron chi connectivity index (χ0n) is 18.4. The Morgan fingerprint density at radius 2 is 2.06 bits per heavy atom. The van der Waals surface area contributed by atoms with Gasteiger partial charge in [0.2, 0.25) is 0 Å². The lowest BCUT2D eigenvalue weighted by molar-refractivity contribution is 0.144. The number of rotatable bonds is 8. The van der Waals surface area contributed by atoms with Crippen molar-refractivity contribution in [3.63, 3.8) is 0 Å². The Hall–Kier alpha value is -2.78. The van der Waals surface area contributed by atoms with Crippen LogP contribution < -0.4 is 10.3 Å². The van der Waals surface area contributed by atoms with Crippen LogP contribution in [0.4, 0.5) is 0 Å². The zero-order chi connectivity index (χ0) is 21.8. The number of nitrogens with one attached hydrogen (secondary N) is 1. The molecule has 4 rings (SSSR count). The number of aromatic nitrogens is 5. The SMILES string of the molecule is CCOc1ccc2[nH]c(=O)c(C(c3nnnn3CCOC)N3CCC(C)CC3)cc2c1. The highest BCUT2D eigenvalue weighted by Crippen LogP contribution is 2.31. The number of piperidine rings is 1. The maximum absolute atomic E-state index is 13.2. The number of pyridine rings is 1. The predicted octanol–water partition coefficient (Wildman–Crippen LogP) is 2.38. The highest BCUT2D eigenvalue weighted by atomic mass is 16.5. The van der Waals surface area contributed by atoms with E-state index in [9.17, 15) is 4.79 Å². The first-order valence-electron chi connectivity index (χ1n) is 10.9. The molecule has 31 heavy (non-hydrogen) atoms. The number of hydrogen-bond acceptors (Lipinski definition) is 7. The van der Waals surface area contributed by atoms with Gasteiger partial charge < -0.3 is 14.5 Å². The second-order valence-electron chi connectivity index (χ2n) is 8.11. The summed E-state index contributed by atoms with van der Waals surface area (Å²) in [5.74, 6) is 2.11. The number of aromatic amines is 1. The molecular formula is C22H30N6O3. The minimum atomic E-state index is -0.330. The molecule has 1 unspecified atom stereocenters. The Morgan fingerprint density at radius 1 is 1.26 bits per heavy atom. The summed E-state index contributed by atoms with van der Waals surface area (Å²) in [6.45, 7) is 7.61. The number of likely N-dealkylation sites (tertiary alicyclic amines) is 1. The van der Waals surface area contributed by atoms with Gasteiger partial charge in [0, 0.05) is 23.6 Å². The average Bonchev–Trinajstić information content (AvgIpc) is 3.22. The number of H-pyrrole nitrogens is 1. The van der Waals surface area contributed by atoms with Gasteiger partial charge in [-0.3, -0.25) is 9.69 Å². The molecule has 2 aromatic heterocycles. The lowest BCUT2D eigenvalue weighted by atomic mass is 9.95. The van der Waals surface area contributed by atoms with Crippen LogP contribution in [0.25, 0.3) is 10.9 Å². The van der Waals surface area contributed by atoms with Gasteiger partial charge in [0.25, 0.3) is 5.56 Å². The smallest absolute Gasteiger partial charge is 0.253 e. The monoisotopic (exact) mass is 426 g/mol. The third-order valence-corrected chi connectivity index (χ3v) is 5.94. The summed E-state index contributed by atoms with van der Waals surface area (Å²) in [6.07, 6.45) is 2.16. The quantitative estimate of drug-likeness (QED) is 0.590. The van der Waals surface area contributed by atoms with Crippen LogP contribution >= 0.6 is 0 Å². The van der Waals surface area contributed by atoms with Gasteiger partial charge >= 0.3 is 0 Å². The second-order valence-corrected chi connectivity index (χ2v) is 8.11. The van der Waals surface area contributed by atoms with E-state index in [-0.39, 0.29) is 11.6 Å². The Bertz CT molecular complexity index is 1070. The molecule has 1 fully saturated rings. The van der Waals surface area contributed by atoms with Crippen LogP contribution in [0, 0.1) is 5.92 Å². The van der Waals surface area contributed by atoms with Crippen LogP contribution in [-0.2, 0) is 11.3 Å². The van der Waals surface area contributed by atoms with Crippen molar-refractivity contribution in [2.24, 2.45) is 5.92 Å². The summed E-state index contributed by atoms with van der Waals surface area (Å²) in [5, 5.41) is 13.3. The topological polar surface area (TPSA) is 98.2 Å². The van der Waals surface area contributed by atoms with Crippen molar-refractivity contribution in [3.05, 3.63) is 46.0 Å². The van der Waals surface area contributed by atoms with Crippen molar-refractivity contribution in [2.75, 3.05) is 33.4 Å². The molecule has 3 heterocycles. The maximum Gasteiger partial charge on any atom is 0.253 e. The summed E-state index contributed by atoms with van der Waals surface area (Å²) in [4.78, 5) is 18.6. The number of methoxy groups -OCH3 is 1. The van der Waals surface area contributed by atoms with Crippen molar-refractivity contribution >= 4 is 10.9 Å². The first-order valence-corrected chi connectivity index (χ1v) is 10.9. The fraction of sp³-hybridized carbons (Fsp3) is 0.545. The minimum absolute atomic E-state index is 0.124. The molecule has 3 aromatic rings. The maximum atomic E-state index is 13.2. The normalized spacial score (nSPS) is 16.6. The minimum Gasteiger partial charge on any atom is -0.494 e. The lowest BCUT2D eigenvalue weighted by Gasteiger charge is -2.35. The third-order valence-electron chi connectivity index (χ3n) is 5.94. The van der Waals surface area contributed by atoms with E-state index in [4.69, 9.17) is 9.47 Å². The summed E-state index contributed by atoms with van der Waals surface area (Å²) in [7, 11) is 1.65. The van der Waals surface area contributed by atoms with E-state index in [2.05, 4.69) is 32.3 Å². The highest BCUT2D eigenvalue weighted by Gasteiger charge is 2.32. The highest BCUT2D eigenvalue weighted by molar-refractivity contribution is 5.80. The van der Waals surface area contributed by atoms with Gasteiger partial charge in [0.05, 0.1) is 19.8 Å². The Morgan fingerprint density at radius 3 is 2.81 bits per heavy atom. The molecule has 0 spiro atoms. The zero-order valence-corrected chi connectivity index (χ0v) is 18.4. The van der Waals surface area contributed by atoms with E-state index in [1.165, 1.54) is 0 Å². The molecule has 9 heteroatoms. The number of benzene rings is 1. The molecule has 1 aliphatic heterocycles. The second kappa shape index (κ2) is 9.57. The molecule has 0 radical (unpaired) electrons. The van der Waals surface area contributed by atoms with E-state index in [0.717, 1.165) is 42.6 Å². The molecule has 0 amide bonds. The summed E-state index contributed by atoms with van der Waals surface area (Å²) < 4.78 is 12.6. The van der Waals surface area contributed by atoms with Crippen LogP contribution in [0.1, 0.15) is 44.1 Å². The fourth-order valence-corrected chi connectivity index (χ4v) is 4.19. The Balaban J connectivity index is 1.81. The molecule has 9 nitrogen and oxygen atoms in total. The standard InChI is InChI=1S/C22H30N6O3/c1-4-31-17-5-6-19-16(13-17)14-18(22(29)23-19)20(27-9-7-15(2)8-10-27)21-24-25-26-28(21)11-12-30-3/h5-6,13-15,20H,4,7-12H2,1-3H3,(H,23,29). The van der Waals surface area contributed by atoms with Crippen LogP contribution in [0.15, 0.2) is 29.1 Å². The number of hydrogen-bond donors (Lipinski definition) is 1. The largest absolute Gasteiger partial charge is 0.494 e. The molecule has 0 bridgehead atoms. The number of ether oxygens (including phenoxy) is 2. The van der Waals surface area contributed by atoms with Crippen LogP contribution in [0.3, 0.4) is 0 Å². The third kappa shape index (κ3) is 4.62. The Labute approximate surface area is 181 Å². The predicted molar refractivity (Wildman–Crippen MR) is 117 cm³/mol. The van der Waals surface area contributed by atoms with Crippen molar-refractivity contribution in [3.8, 4) is 5.75 Å². The molecule has 1 aromatic carbocycles. The van der Waals surface area contributed by atoms with Gasteiger partial charge in [-0.05, 0) is 73.5 Å². The van der Waals surface area contributed by atoms with Gasteiger partial charge in [-0.25, -0.2) is 4.68 Å². The molecular weight excluding hydrogens is 396 g/mol. The van der Waals surface area contributed by atoms with Crippen molar-refractivity contribution in [1.29, 1.82) is 0 Å². The van der Waals surface area contributed by atoms with E-state index < -0.39 is 0 Å². The van der Waals surface area contributed by atoms with Gasteiger partial charge in [0.15, 0.2) is 5.82 Å². The van der Waals surface area contributed by atoms with Gasteiger partial charge in [-0.15, -0.1) is 5.10 Å². The van der Waals surface area contributed by atoms with Gasteiger partial charge in [-0.1, -0.05) is 6.92 Å². The van der Waals surface area contributed by atoms with E-state index in [0.29, 0.717) is 37.1 Å². The summed E-state index contributed by atoms with van der Waals surface area (Å²) in [5.41, 5.74) is 1.30. The van der Waals surface area contributed by atoms with Crippen LogP contribution in [-0.4, -0.2) is 63.5 Å². The number of fused-ring (bicyclic) bond motifs is 1. The lowest BCUT2D eigenvalue weighted by Crippen LogP contribution is -2.40. The average molecular weight is 427 g/mol. The molecule has 1 saturated heterocycles. The molecule has 1 N–H and O–H groups in total. The molecule has 1 aliphatic rings. The van der Waals surface area contributed by atoms with Gasteiger partial charge in [-0.2, -0.15) is 0 Å². The van der Waals surface area contributed by atoms with E-state index >= 15 is 0 Å². The number of tetrazole rings is 1. The van der Waals surface area contributed by atoms with Crippen molar-refractivity contribution in [1.82, 2.24) is 30.1 Å².